The molecule has 3 N–H and O–H groups in total. The van der Waals surface area contributed by atoms with Crippen LogP contribution in [0.25, 0.3) is 10.8 Å². The molecule has 0 aromatic heterocycles. The lowest BCUT2D eigenvalue weighted by Crippen LogP contribution is -2.01. The van der Waals surface area contributed by atoms with Crippen molar-refractivity contribution in [2.75, 3.05) is 0 Å². The lowest BCUT2D eigenvalue weighted by molar-refractivity contribution is 0.0699. The first kappa shape index (κ1) is 12.3. The molecule has 0 aliphatic rings. The fourth-order valence-electron chi connectivity index (χ4n) is 1.69. The molecule has 0 spiro atoms. The fourth-order valence-corrected chi connectivity index (χ4v) is 2.28. The van der Waals surface area contributed by atoms with Crippen molar-refractivity contribution in [3.63, 3.8) is 0 Å². The molecule has 0 amide bonds. The molecule has 0 aliphatic heterocycles. The van der Waals surface area contributed by atoms with Crippen LogP contribution in [0, 0.1) is 0 Å². The van der Waals surface area contributed by atoms with E-state index in [1.54, 1.807) is 0 Å². The smallest absolute Gasteiger partial charge is 0.336 e. The summed E-state index contributed by atoms with van der Waals surface area (Å²) >= 11 is 0. The molecule has 0 heterocycles. The number of aromatic carboxylic acids is 1. The van der Waals surface area contributed by atoms with Crippen LogP contribution in [0.3, 0.4) is 0 Å². The van der Waals surface area contributed by atoms with Crippen LogP contribution in [0.2, 0.25) is 0 Å². The fraction of sp³-hybridized carbons (Fsp3) is 0. The molecule has 2 rings (SSSR count). The Labute approximate surface area is 102 Å². The van der Waals surface area contributed by atoms with Crippen LogP contribution in [0.4, 0.5) is 0 Å². The van der Waals surface area contributed by atoms with Crippen LogP contribution in [0.1, 0.15) is 10.4 Å². The van der Waals surface area contributed by atoms with E-state index in [1.165, 1.54) is 18.2 Å². The Balaban J connectivity index is 2.92. The van der Waals surface area contributed by atoms with Gasteiger partial charge in [0.2, 0.25) is 0 Å². The average molecular weight is 268 g/mol. The van der Waals surface area contributed by atoms with Crippen molar-refractivity contribution >= 4 is 26.9 Å². The van der Waals surface area contributed by atoms with Crippen LogP contribution in [0.15, 0.2) is 35.2 Å². The van der Waals surface area contributed by atoms with Gasteiger partial charge < -0.3 is 10.2 Å². The maximum Gasteiger partial charge on any atom is 0.336 e. The third kappa shape index (κ3) is 2.01. The highest BCUT2D eigenvalue weighted by molar-refractivity contribution is 7.86. The highest BCUT2D eigenvalue weighted by Gasteiger charge is 2.18. The lowest BCUT2D eigenvalue weighted by Gasteiger charge is -2.06. The van der Waals surface area contributed by atoms with Gasteiger partial charge in [-0.25, -0.2) is 4.79 Å². The van der Waals surface area contributed by atoms with Crippen molar-refractivity contribution in [3.8, 4) is 5.75 Å². The van der Waals surface area contributed by atoms with Gasteiger partial charge in [0.25, 0.3) is 10.1 Å². The number of carboxylic acids is 1. The summed E-state index contributed by atoms with van der Waals surface area (Å²) in [6.07, 6.45) is 0. The summed E-state index contributed by atoms with van der Waals surface area (Å²) in [7, 11) is -4.61. The highest BCUT2D eigenvalue weighted by Crippen LogP contribution is 2.30. The Morgan fingerprint density at radius 3 is 2.39 bits per heavy atom. The molecule has 0 unspecified atom stereocenters. The number of hydrogen-bond acceptors (Lipinski definition) is 4. The zero-order chi connectivity index (χ0) is 13.5. The third-order valence-corrected chi connectivity index (χ3v) is 3.35. The second kappa shape index (κ2) is 3.97. The van der Waals surface area contributed by atoms with Crippen LogP contribution in [-0.2, 0) is 10.1 Å². The van der Waals surface area contributed by atoms with E-state index in [-0.39, 0.29) is 10.9 Å². The Morgan fingerprint density at radius 1 is 1.17 bits per heavy atom. The number of benzene rings is 2. The Kier molecular flexibility index (Phi) is 2.72. The van der Waals surface area contributed by atoms with E-state index in [2.05, 4.69) is 0 Å². The molecule has 0 radical (unpaired) electrons. The molecule has 0 bridgehead atoms. The summed E-state index contributed by atoms with van der Waals surface area (Å²) in [4.78, 5) is 10.3. The van der Waals surface area contributed by atoms with Gasteiger partial charge in [-0.05, 0) is 29.0 Å². The molecule has 0 atom stereocenters. The molecular formula is C11H8O6S. The van der Waals surface area contributed by atoms with Crippen molar-refractivity contribution in [2.24, 2.45) is 0 Å². The van der Waals surface area contributed by atoms with Crippen LogP contribution in [-0.4, -0.2) is 29.2 Å². The first-order chi connectivity index (χ1) is 8.30. The topological polar surface area (TPSA) is 112 Å². The van der Waals surface area contributed by atoms with Gasteiger partial charge in [0.05, 0.1) is 5.56 Å². The number of carboxylic acid groups (broad SMARTS) is 1. The van der Waals surface area contributed by atoms with E-state index < -0.39 is 26.7 Å². The molecule has 94 valence electrons. The maximum atomic E-state index is 11.0. The molecule has 0 fully saturated rings. The van der Waals surface area contributed by atoms with Gasteiger partial charge in [-0.15, -0.1) is 0 Å². The lowest BCUT2D eigenvalue weighted by atomic mass is 10.0. The zero-order valence-electron chi connectivity index (χ0n) is 8.86. The summed E-state index contributed by atoms with van der Waals surface area (Å²) in [5, 5.41) is 18.9. The molecule has 0 saturated heterocycles. The summed E-state index contributed by atoms with van der Waals surface area (Å²) in [6, 6.07) is 6.32. The van der Waals surface area contributed by atoms with E-state index in [4.69, 9.17) is 9.66 Å². The zero-order valence-corrected chi connectivity index (χ0v) is 9.68. The van der Waals surface area contributed by atoms with Gasteiger partial charge in [-0.1, -0.05) is 12.1 Å². The Morgan fingerprint density at radius 2 is 1.83 bits per heavy atom. The largest absolute Gasteiger partial charge is 0.506 e. The minimum absolute atomic E-state index is 0.114. The number of phenols is 1. The SMILES string of the molecule is O=C(O)c1cccc2cc(O)c(S(=O)(=O)O)cc12. The monoisotopic (exact) mass is 268 g/mol. The molecular weight excluding hydrogens is 260 g/mol. The van der Waals surface area contributed by atoms with Crippen LogP contribution < -0.4 is 0 Å². The summed E-state index contributed by atoms with van der Waals surface area (Å²) in [5.41, 5.74) is -0.114. The van der Waals surface area contributed by atoms with Gasteiger partial charge in [0.15, 0.2) is 0 Å². The standard InChI is InChI=1S/C11H8O6S/c12-9-4-6-2-1-3-7(11(13)14)8(6)5-10(9)18(15,16)17/h1-5,12H,(H,13,14)(H,15,16,17). The predicted molar refractivity (Wildman–Crippen MR) is 62.4 cm³/mol. The number of hydrogen-bond donors (Lipinski definition) is 3. The minimum atomic E-state index is -4.61. The molecule has 6 nitrogen and oxygen atoms in total. The molecule has 7 heteroatoms. The van der Waals surface area contributed by atoms with Crippen molar-refractivity contribution in [1.82, 2.24) is 0 Å². The van der Waals surface area contributed by atoms with E-state index in [0.29, 0.717) is 5.39 Å². The van der Waals surface area contributed by atoms with Gasteiger partial charge in [-0.2, -0.15) is 8.42 Å². The summed E-state index contributed by atoms with van der Waals surface area (Å²) < 4.78 is 31.0. The predicted octanol–water partition coefficient (Wildman–Crippen LogP) is 1.49. The van der Waals surface area contributed by atoms with Crippen molar-refractivity contribution in [1.29, 1.82) is 0 Å². The van der Waals surface area contributed by atoms with Crippen molar-refractivity contribution < 1.29 is 28.0 Å². The van der Waals surface area contributed by atoms with E-state index >= 15 is 0 Å². The van der Waals surface area contributed by atoms with Gasteiger partial charge in [0, 0.05) is 0 Å². The van der Waals surface area contributed by atoms with E-state index in [0.717, 1.165) is 12.1 Å². The normalized spacial score (nSPS) is 11.6. The van der Waals surface area contributed by atoms with Crippen molar-refractivity contribution in [3.05, 3.63) is 35.9 Å². The molecule has 0 aliphatic carbocycles. The third-order valence-electron chi connectivity index (χ3n) is 2.47. The van der Waals surface area contributed by atoms with Gasteiger partial charge in [-0.3, -0.25) is 4.55 Å². The number of rotatable bonds is 2. The van der Waals surface area contributed by atoms with Crippen LogP contribution in [0.5, 0.6) is 5.75 Å². The van der Waals surface area contributed by atoms with Gasteiger partial charge in [0.1, 0.15) is 10.6 Å². The Hall–Kier alpha value is -2.12. The average Bonchev–Trinajstić information content (AvgIpc) is 2.25. The molecule has 18 heavy (non-hydrogen) atoms. The summed E-state index contributed by atoms with van der Waals surface area (Å²) in [6.45, 7) is 0. The Bertz CT molecular complexity index is 747. The molecule has 0 saturated carbocycles. The van der Waals surface area contributed by atoms with Gasteiger partial charge >= 0.3 is 5.97 Å². The molecule has 2 aromatic rings. The van der Waals surface area contributed by atoms with Crippen LogP contribution >= 0.6 is 0 Å². The quantitative estimate of drug-likeness (QED) is 0.711. The number of carbonyl (C=O) groups is 1. The minimum Gasteiger partial charge on any atom is -0.506 e. The first-order valence-electron chi connectivity index (χ1n) is 4.77. The molecule has 2 aromatic carbocycles. The number of aromatic hydroxyl groups is 1. The highest BCUT2D eigenvalue weighted by atomic mass is 32.2. The number of fused-ring (bicyclic) bond motifs is 1. The maximum absolute atomic E-state index is 11.0. The van der Waals surface area contributed by atoms with E-state index in [1.807, 2.05) is 0 Å². The number of phenolic OH excluding ortho intramolecular Hbond substituents is 1. The second-order valence-electron chi connectivity index (χ2n) is 3.63. The first-order valence-corrected chi connectivity index (χ1v) is 6.21. The summed E-state index contributed by atoms with van der Waals surface area (Å²) in [5.74, 6) is -1.86. The van der Waals surface area contributed by atoms with Crippen molar-refractivity contribution in [2.45, 2.75) is 4.90 Å². The van der Waals surface area contributed by atoms with E-state index in [9.17, 15) is 18.3 Å². The second-order valence-corrected chi connectivity index (χ2v) is 5.02.